The fourth-order valence-electron chi connectivity index (χ4n) is 1.36. The van der Waals surface area contributed by atoms with E-state index < -0.39 is 0 Å². The number of aromatic nitrogens is 2. The first-order valence-corrected chi connectivity index (χ1v) is 4.36. The molecule has 3 nitrogen and oxygen atoms in total. The van der Waals surface area contributed by atoms with Gasteiger partial charge in [-0.3, -0.25) is 5.10 Å². The monoisotopic (exact) mass is 167 g/mol. The molecule has 0 fully saturated rings. The average Bonchev–Trinajstić information content (AvgIpc) is 2.33. The summed E-state index contributed by atoms with van der Waals surface area (Å²) in [5.74, 6) is 0.627. The predicted molar refractivity (Wildman–Crippen MR) is 49.7 cm³/mol. The highest BCUT2D eigenvalue weighted by molar-refractivity contribution is 5.17. The van der Waals surface area contributed by atoms with Crippen LogP contribution in [0.5, 0.6) is 0 Å². The van der Waals surface area contributed by atoms with Gasteiger partial charge >= 0.3 is 0 Å². The Balaban J connectivity index is 2.65. The maximum atomic E-state index is 5.97. The molecule has 0 saturated heterocycles. The number of H-pyrrole nitrogens is 1. The van der Waals surface area contributed by atoms with E-state index in [0.29, 0.717) is 5.92 Å². The third kappa shape index (κ3) is 2.08. The van der Waals surface area contributed by atoms with Crippen molar-refractivity contribution in [1.29, 1.82) is 0 Å². The highest BCUT2D eigenvalue weighted by Crippen LogP contribution is 2.18. The third-order valence-corrected chi connectivity index (χ3v) is 1.96. The molecule has 0 saturated carbocycles. The molecule has 1 unspecified atom stereocenters. The van der Waals surface area contributed by atoms with Crippen molar-refractivity contribution in [3.05, 3.63) is 17.5 Å². The number of nitrogens with two attached hydrogens (primary N) is 1. The third-order valence-electron chi connectivity index (χ3n) is 1.96. The molecule has 1 heterocycles. The van der Waals surface area contributed by atoms with Crippen LogP contribution in [-0.4, -0.2) is 10.2 Å². The standard InChI is InChI=1S/C9H17N3/c1-6(2)4-8(10)9-7(3)5-11-12-9/h5-6,8H,4,10H2,1-3H3,(H,11,12). The number of aromatic amines is 1. The van der Waals surface area contributed by atoms with Gasteiger partial charge in [0.15, 0.2) is 0 Å². The Morgan fingerprint density at radius 1 is 1.58 bits per heavy atom. The van der Waals surface area contributed by atoms with E-state index in [2.05, 4.69) is 24.0 Å². The van der Waals surface area contributed by atoms with Crippen molar-refractivity contribution >= 4 is 0 Å². The number of rotatable bonds is 3. The van der Waals surface area contributed by atoms with E-state index in [-0.39, 0.29) is 6.04 Å². The number of hydrogen-bond acceptors (Lipinski definition) is 2. The number of aryl methyl sites for hydroxylation is 1. The first-order chi connectivity index (χ1) is 5.61. The zero-order valence-electron chi connectivity index (χ0n) is 7.96. The molecule has 68 valence electrons. The average molecular weight is 167 g/mol. The van der Waals surface area contributed by atoms with Crippen LogP contribution in [0.15, 0.2) is 6.20 Å². The minimum absolute atomic E-state index is 0.104. The summed E-state index contributed by atoms with van der Waals surface area (Å²) in [5.41, 5.74) is 8.20. The van der Waals surface area contributed by atoms with Gasteiger partial charge in [0.2, 0.25) is 0 Å². The molecule has 3 heteroatoms. The predicted octanol–water partition coefficient (Wildman–Crippen LogP) is 1.76. The summed E-state index contributed by atoms with van der Waals surface area (Å²) in [6, 6.07) is 0.104. The summed E-state index contributed by atoms with van der Waals surface area (Å²) in [7, 11) is 0. The van der Waals surface area contributed by atoms with E-state index in [9.17, 15) is 0 Å². The second-order valence-corrected chi connectivity index (χ2v) is 3.70. The summed E-state index contributed by atoms with van der Waals surface area (Å²) in [4.78, 5) is 0. The molecule has 0 aromatic carbocycles. The molecular formula is C9H17N3. The molecule has 0 amide bonds. The number of hydrogen-bond donors (Lipinski definition) is 2. The molecule has 0 radical (unpaired) electrons. The largest absolute Gasteiger partial charge is 0.323 e. The van der Waals surface area contributed by atoms with Crippen molar-refractivity contribution in [2.45, 2.75) is 33.2 Å². The van der Waals surface area contributed by atoms with Crippen molar-refractivity contribution in [2.24, 2.45) is 11.7 Å². The fraction of sp³-hybridized carbons (Fsp3) is 0.667. The van der Waals surface area contributed by atoms with E-state index in [0.717, 1.165) is 17.7 Å². The van der Waals surface area contributed by atoms with Crippen LogP contribution in [0.2, 0.25) is 0 Å². The van der Waals surface area contributed by atoms with Crippen LogP contribution >= 0.6 is 0 Å². The van der Waals surface area contributed by atoms with Crippen LogP contribution < -0.4 is 5.73 Å². The van der Waals surface area contributed by atoms with E-state index >= 15 is 0 Å². The Hall–Kier alpha value is -0.830. The van der Waals surface area contributed by atoms with Gasteiger partial charge in [-0.2, -0.15) is 5.10 Å². The minimum atomic E-state index is 0.104. The molecule has 1 atom stereocenters. The normalized spacial score (nSPS) is 13.8. The molecule has 1 rings (SSSR count). The smallest absolute Gasteiger partial charge is 0.0548 e. The van der Waals surface area contributed by atoms with Crippen LogP contribution in [0.25, 0.3) is 0 Å². The molecule has 0 spiro atoms. The molecular weight excluding hydrogens is 150 g/mol. The zero-order chi connectivity index (χ0) is 9.14. The van der Waals surface area contributed by atoms with Gasteiger partial charge in [-0.05, 0) is 24.8 Å². The molecule has 3 N–H and O–H groups in total. The lowest BCUT2D eigenvalue weighted by atomic mass is 10.0. The molecule has 0 aliphatic rings. The molecule has 0 aliphatic carbocycles. The fourth-order valence-corrected chi connectivity index (χ4v) is 1.36. The second-order valence-electron chi connectivity index (χ2n) is 3.70. The Labute approximate surface area is 73.4 Å². The van der Waals surface area contributed by atoms with Crippen LogP contribution in [0.1, 0.15) is 37.6 Å². The van der Waals surface area contributed by atoms with Crippen molar-refractivity contribution in [3.63, 3.8) is 0 Å². The highest BCUT2D eigenvalue weighted by atomic mass is 15.1. The molecule has 0 aliphatic heterocycles. The second kappa shape index (κ2) is 3.72. The topological polar surface area (TPSA) is 54.7 Å². The Morgan fingerprint density at radius 2 is 2.25 bits per heavy atom. The Morgan fingerprint density at radius 3 is 2.67 bits per heavy atom. The molecule has 12 heavy (non-hydrogen) atoms. The van der Waals surface area contributed by atoms with E-state index in [1.807, 2.05) is 13.1 Å². The summed E-state index contributed by atoms with van der Waals surface area (Å²) in [5, 5.41) is 6.88. The summed E-state index contributed by atoms with van der Waals surface area (Å²) < 4.78 is 0. The first kappa shape index (κ1) is 9.26. The minimum Gasteiger partial charge on any atom is -0.323 e. The van der Waals surface area contributed by atoms with Gasteiger partial charge in [0, 0.05) is 6.04 Å². The van der Waals surface area contributed by atoms with Gasteiger partial charge in [-0.1, -0.05) is 13.8 Å². The highest BCUT2D eigenvalue weighted by Gasteiger charge is 2.11. The van der Waals surface area contributed by atoms with Gasteiger partial charge in [0.25, 0.3) is 0 Å². The van der Waals surface area contributed by atoms with Gasteiger partial charge in [0.1, 0.15) is 0 Å². The summed E-state index contributed by atoms with van der Waals surface area (Å²) >= 11 is 0. The summed E-state index contributed by atoms with van der Waals surface area (Å²) in [6.07, 6.45) is 2.82. The van der Waals surface area contributed by atoms with Crippen LogP contribution in [-0.2, 0) is 0 Å². The van der Waals surface area contributed by atoms with Gasteiger partial charge < -0.3 is 5.73 Å². The Bertz CT molecular complexity index is 240. The molecule has 1 aromatic heterocycles. The van der Waals surface area contributed by atoms with Crippen LogP contribution in [0.3, 0.4) is 0 Å². The summed E-state index contributed by atoms with van der Waals surface area (Å²) in [6.45, 7) is 6.37. The molecule has 1 aromatic rings. The van der Waals surface area contributed by atoms with Crippen molar-refractivity contribution in [1.82, 2.24) is 10.2 Å². The SMILES string of the molecule is Cc1cn[nH]c1C(N)CC(C)C. The van der Waals surface area contributed by atoms with E-state index in [4.69, 9.17) is 5.73 Å². The lowest BCUT2D eigenvalue weighted by Crippen LogP contribution is -2.14. The van der Waals surface area contributed by atoms with Crippen molar-refractivity contribution in [2.75, 3.05) is 0 Å². The quantitative estimate of drug-likeness (QED) is 0.720. The maximum Gasteiger partial charge on any atom is 0.0548 e. The van der Waals surface area contributed by atoms with E-state index in [1.165, 1.54) is 0 Å². The van der Waals surface area contributed by atoms with Crippen LogP contribution in [0.4, 0.5) is 0 Å². The van der Waals surface area contributed by atoms with Crippen molar-refractivity contribution < 1.29 is 0 Å². The van der Waals surface area contributed by atoms with Crippen molar-refractivity contribution in [3.8, 4) is 0 Å². The molecule has 0 bridgehead atoms. The van der Waals surface area contributed by atoms with Crippen LogP contribution in [0, 0.1) is 12.8 Å². The first-order valence-electron chi connectivity index (χ1n) is 4.36. The Kier molecular flexibility index (Phi) is 2.87. The lowest BCUT2D eigenvalue weighted by Gasteiger charge is -2.12. The van der Waals surface area contributed by atoms with Gasteiger partial charge in [-0.25, -0.2) is 0 Å². The number of nitrogens with zero attached hydrogens (tertiary/aromatic N) is 1. The van der Waals surface area contributed by atoms with Gasteiger partial charge in [-0.15, -0.1) is 0 Å². The maximum absolute atomic E-state index is 5.97. The number of nitrogens with one attached hydrogen (secondary N) is 1. The van der Waals surface area contributed by atoms with E-state index in [1.54, 1.807) is 0 Å². The zero-order valence-corrected chi connectivity index (χ0v) is 7.96. The lowest BCUT2D eigenvalue weighted by molar-refractivity contribution is 0.500. The van der Waals surface area contributed by atoms with Gasteiger partial charge in [0.05, 0.1) is 11.9 Å².